The first-order valence-corrected chi connectivity index (χ1v) is 5.83. The van der Waals surface area contributed by atoms with Gasteiger partial charge >= 0.3 is 0 Å². The average molecular weight is 310 g/mol. The van der Waals surface area contributed by atoms with Gasteiger partial charge in [-0.25, -0.2) is 9.37 Å². The Kier molecular flexibility index (Phi) is 3.57. The first kappa shape index (κ1) is 12.5. The summed E-state index contributed by atoms with van der Waals surface area (Å²) in [7, 11) is 0. The largest absolute Gasteiger partial charge is 0.398 e. The maximum absolute atomic E-state index is 12.9. The fourth-order valence-corrected chi connectivity index (χ4v) is 1.62. The van der Waals surface area contributed by atoms with Crippen molar-refractivity contribution in [1.82, 2.24) is 4.98 Å². The Bertz CT molecular complexity index is 586. The number of rotatable bonds is 2. The van der Waals surface area contributed by atoms with Gasteiger partial charge in [-0.15, -0.1) is 0 Å². The van der Waals surface area contributed by atoms with Crippen LogP contribution in [0, 0.1) is 5.82 Å². The molecule has 92 valence electrons. The lowest BCUT2D eigenvalue weighted by Gasteiger charge is -2.07. The predicted octanol–water partition coefficient (Wildman–Crippen LogP) is 2.82. The standard InChI is InChI=1S/C12H9BrFN3O/c13-11-4-2-8(6-16-11)17-12(18)9-3-1-7(14)5-10(9)15/h1-6H,15H2,(H,17,18). The Hall–Kier alpha value is -1.95. The van der Waals surface area contributed by atoms with E-state index in [-0.39, 0.29) is 11.3 Å². The number of nitrogen functional groups attached to an aromatic ring is 1. The molecule has 0 aliphatic rings. The van der Waals surface area contributed by atoms with E-state index in [0.717, 1.165) is 6.07 Å². The molecule has 1 heterocycles. The van der Waals surface area contributed by atoms with Crippen LogP contribution in [0.4, 0.5) is 15.8 Å². The van der Waals surface area contributed by atoms with Crippen molar-refractivity contribution < 1.29 is 9.18 Å². The Morgan fingerprint density at radius 3 is 2.72 bits per heavy atom. The lowest BCUT2D eigenvalue weighted by atomic mass is 10.1. The molecule has 0 saturated carbocycles. The van der Waals surface area contributed by atoms with Crippen LogP contribution in [0.15, 0.2) is 41.1 Å². The van der Waals surface area contributed by atoms with Crippen LogP contribution in [0.25, 0.3) is 0 Å². The number of nitrogens with zero attached hydrogens (tertiary/aromatic N) is 1. The highest BCUT2D eigenvalue weighted by molar-refractivity contribution is 9.10. The fraction of sp³-hybridized carbons (Fsp3) is 0. The van der Waals surface area contributed by atoms with E-state index < -0.39 is 11.7 Å². The lowest BCUT2D eigenvalue weighted by molar-refractivity contribution is 0.102. The summed E-state index contributed by atoms with van der Waals surface area (Å²) in [4.78, 5) is 15.9. The molecule has 0 atom stereocenters. The van der Waals surface area contributed by atoms with Gasteiger partial charge < -0.3 is 11.1 Å². The van der Waals surface area contributed by atoms with Gasteiger partial charge in [-0.1, -0.05) is 0 Å². The van der Waals surface area contributed by atoms with E-state index in [1.165, 1.54) is 18.3 Å². The van der Waals surface area contributed by atoms with Gasteiger partial charge in [-0.3, -0.25) is 4.79 Å². The fourth-order valence-electron chi connectivity index (χ4n) is 1.39. The molecule has 0 fully saturated rings. The van der Waals surface area contributed by atoms with Crippen LogP contribution in [-0.4, -0.2) is 10.9 Å². The summed E-state index contributed by atoms with van der Waals surface area (Å²) in [5.41, 5.74) is 6.43. The smallest absolute Gasteiger partial charge is 0.257 e. The summed E-state index contributed by atoms with van der Waals surface area (Å²) in [5.74, 6) is -0.883. The second-order valence-corrected chi connectivity index (χ2v) is 4.37. The second kappa shape index (κ2) is 5.14. The van der Waals surface area contributed by atoms with Crippen LogP contribution in [0.2, 0.25) is 0 Å². The number of anilines is 2. The average Bonchev–Trinajstić information content (AvgIpc) is 2.32. The number of amides is 1. The van der Waals surface area contributed by atoms with Crippen molar-refractivity contribution in [2.24, 2.45) is 0 Å². The van der Waals surface area contributed by atoms with Crippen molar-refractivity contribution in [2.45, 2.75) is 0 Å². The highest BCUT2D eigenvalue weighted by atomic mass is 79.9. The van der Waals surface area contributed by atoms with Gasteiger partial charge in [0.15, 0.2) is 0 Å². The molecule has 0 spiro atoms. The SMILES string of the molecule is Nc1cc(F)ccc1C(=O)Nc1ccc(Br)nc1. The summed E-state index contributed by atoms with van der Waals surface area (Å²) >= 11 is 3.19. The molecule has 4 nitrogen and oxygen atoms in total. The van der Waals surface area contributed by atoms with Gasteiger partial charge in [0, 0.05) is 5.69 Å². The number of halogens is 2. The van der Waals surface area contributed by atoms with Gasteiger partial charge in [-0.2, -0.15) is 0 Å². The van der Waals surface area contributed by atoms with Gasteiger partial charge in [0.1, 0.15) is 10.4 Å². The molecule has 0 aliphatic carbocycles. The van der Waals surface area contributed by atoms with E-state index in [1.54, 1.807) is 12.1 Å². The zero-order valence-electron chi connectivity index (χ0n) is 9.15. The molecule has 3 N–H and O–H groups in total. The quantitative estimate of drug-likeness (QED) is 0.662. The van der Waals surface area contributed by atoms with Crippen LogP contribution in [-0.2, 0) is 0 Å². The molecule has 18 heavy (non-hydrogen) atoms. The van der Waals surface area contributed by atoms with E-state index in [1.807, 2.05) is 0 Å². The van der Waals surface area contributed by atoms with Crippen molar-refractivity contribution in [3.63, 3.8) is 0 Å². The second-order valence-electron chi connectivity index (χ2n) is 3.56. The van der Waals surface area contributed by atoms with Crippen LogP contribution in [0.5, 0.6) is 0 Å². The maximum atomic E-state index is 12.9. The molecular formula is C12H9BrFN3O. The van der Waals surface area contributed by atoms with E-state index in [2.05, 4.69) is 26.2 Å². The van der Waals surface area contributed by atoms with E-state index in [0.29, 0.717) is 10.3 Å². The molecule has 0 bridgehead atoms. The highest BCUT2D eigenvalue weighted by Crippen LogP contribution is 2.16. The molecule has 2 rings (SSSR count). The Labute approximate surface area is 111 Å². The molecule has 1 amide bonds. The minimum absolute atomic E-state index is 0.0950. The van der Waals surface area contributed by atoms with Gasteiger partial charge in [-0.05, 0) is 46.3 Å². The topological polar surface area (TPSA) is 68.0 Å². The van der Waals surface area contributed by atoms with Crippen LogP contribution < -0.4 is 11.1 Å². The number of nitrogens with two attached hydrogens (primary N) is 1. The molecule has 0 radical (unpaired) electrons. The van der Waals surface area contributed by atoms with Crippen molar-refractivity contribution in [2.75, 3.05) is 11.1 Å². The van der Waals surface area contributed by atoms with Gasteiger partial charge in [0.25, 0.3) is 5.91 Å². The molecular weight excluding hydrogens is 301 g/mol. The van der Waals surface area contributed by atoms with Crippen LogP contribution in [0.1, 0.15) is 10.4 Å². The van der Waals surface area contributed by atoms with Crippen molar-refractivity contribution >= 4 is 33.2 Å². The summed E-state index contributed by atoms with van der Waals surface area (Å²) in [6, 6.07) is 7.02. The molecule has 0 saturated heterocycles. The number of carbonyl (C=O) groups excluding carboxylic acids is 1. The van der Waals surface area contributed by atoms with Gasteiger partial charge in [0.2, 0.25) is 0 Å². The van der Waals surface area contributed by atoms with E-state index in [4.69, 9.17) is 5.73 Å². The van der Waals surface area contributed by atoms with Crippen LogP contribution >= 0.6 is 15.9 Å². The molecule has 0 aliphatic heterocycles. The number of aromatic nitrogens is 1. The number of benzene rings is 1. The number of nitrogens with one attached hydrogen (secondary N) is 1. The Morgan fingerprint density at radius 2 is 2.11 bits per heavy atom. The molecule has 2 aromatic rings. The molecule has 1 aromatic heterocycles. The third-order valence-corrected chi connectivity index (χ3v) is 2.71. The van der Waals surface area contributed by atoms with Crippen molar-refractivity contribution in [3.05, 3.63) is 52.5 Å². The predicted molar refractivity (Wildman–Crippen MR) is 70.7 cm³/mol. The normalized spacial score (nSPS) is 10.1. The number of hydrogen-bond donors (Lipinski definition) is 2. The molecule has 6 heteroatoms. The minimum atomic E-state index is -0.477. The minimum Gasteiger partial charge on any atom is -0.398 e. The maximum Gasteiger partial charge on any atom is 0.257 e. The first-order valence-electron chi connectivity index (χ1n) is 5.04. The van der Waals surface area contributed by atoms with Crippen molar-refractivity contribution in [1.29, 1.82) is 0 Å². The zero-order chi connectivity index (χ0) is 13.1. The number of pyridine rings is 1. The third kappa shape index (κ3) is 2.84. The van der Waals surface area contributed by atoms with Crippen molar-refractivity contribution in [3.8, 4) is 0 Å². The lowest BCUT2D eigenvalue weighted by Crippen LogP contribution is -2.14. The Balaban J connectivity index is 2.19. The summed E-state index contributed by atoms with van der Waals surface area (Å²) in [5, 5.41) is 2.62. The summed E-state index contributed by atoms with van der Waals surface area (Å²) in [6.45, 7) is 0. The molecule has 0 unspecified atom stereocenters. The Morgan fingerprint density at radius 1 is 1.33 bits per heavy atom. The number of carbonyl (C=O) groups is 1. The highest BCUT2D eigenvalue weighted by Gasteiger charge is 2.10. The molecule has 1 aromatic carbocycles. The third-order valence-electron chi connectivity index (χ3n) is 2.24. The van der Waals surface area contributed by atoms with Crippen LogP contribution in [0.3, 0.4) is 0 Å². The van der Waals surface area contributed by atoms with Gasteiger partial charge in [0.05, 0.1) is 17.4 Å². The first-order chi connectivity index (χ1) is 8.56. The summed E-state index contributed by atoms with van der Waals surface area (Å²) in [6.07, 6.45) is 1.50. The zero-order valence-corrected chi connectivity index (χ0v) is 10.7. The van der Waals surface area contributed by atoms with E-state index >= 15 is 0 Å². The van der Waals surface area contributed by atoms with E-state index in [9.17, 15) is 9.18 Å². The monoisotopic (exact) mass is 309 g/mol. The number of hydrogen-bond acceptors (Lipinski definition) is 3. The summed E-state index contributed by atoms with van der Waals surface area (Å²) < 4.78 is 13.5.